The van der Waals surface area contributed by atoms with Crippen LogP contribution in [0.15, 0.2) is 0 Å². The Hall–Kier alpha value is -0.990. The van der Waals surface area contributed by atoms with Crippen LogP contribution in [0.1, 0.15) is 51.8 Å². The van der Waals surface area contributed by atoms with E-state index in [2.05, 4.69) is 37.9 Å². The monoisotopic (exact) mass is 209 g/mol. The van der Waals surface area contributed by atoms with Gasteiger partial charge in [-0.25, -0.2) is 0 Å². The van der Waals surface area contributed by atoms with Crippen LogP contribution in [0.3, 0.4) is 0 Å². The molecule has 3 heteroatoms. The first-order valence-corrected chi connectivity index (χ1v) is 5.81. The van der Waals surface area contributed by atoms with Crippen LogP contribution < -0.4 is 5.73 Å². The van der Waals surface area contributed by atoms with E-state index in [1.165, 1.54) is 11.3 Å². The van der Waals surface area contributed by atoms with Crippen LogP contribution in [-0.4, -0.2) is 10.2 Å². The second kappa shape index (κ2) is 4.69. The van der Waals surface area contributed by atoms with Crippen molar-refractivity contribution in [3.63, 3.8) is 0 Å². The number of nitrogens with one attached hydrogen (secondary N) is 1. The molecule has 0 saturated carbocycles. The minimum atomic E-state index is 0.321. The molecule has 0 radical (unpaired) electrons. The summed E-state index contributed by atoms with van der Waals surface area (Å²) in [6.07, 6.45) is 4.33. The van der Waals surface area contributed by atoms with Gasteiger partial charge in [-0.1, -0.05) is 40.5 Å². The summed E-state index contributed by atoms with van der Waals surface area (Å²) in [6, 6.07) is 0. The highest BCUT2D eigenvalue weighted by molar-refractivity contribution is 5.42. The van der Waals surface area contributed by atoms with Crippen LogP contribution in [-0.2, 0) is 12.8 Å². The standard InChI is InChI=1S/C12H23N3/c1-5-7-9-10(14-15-11(9)13)8-12(3,4)6-2/h5-8H2,1-4H3,(H3,13,14,15). The molecule has 0 unspecified atom stereocenters. The summed E-state index contributed by atoms with van der Waals surface area (Å²) >= 11 is 0. The average molecular weight is 209 g/mol. The van der Waals surface area contributed by atoms with E-state index < -0.39 is 0 Å². The molecule has 0 fully saturated rings. The van der Waals surface area contributed by atoms with Crippen molar-refractivity contribution in [3.05, 3.63) is 11.3 Å². The Morgan fingerprint density at radius 2 is 2.00 bits per heavy atom. The van der Waals surface area contributed by atoms with Crippen molar-refractivity contribution < 1.29 is 0 Å². The molecule has 1 aromatic rings. The molecule has 0 saturated heterocycles. The van der Waals surface area contributed by atoms with Gasteiger partial charge in [-0.2, -0.15) is 5.10 Å². The van der Waals surface area contributed by atoms with Gasteiger partial charge >= 0.3 is 0 Å². The molecule has 0 aromatic carbocycles. The Labute approximate surface area is 92.5 Å². The molecule has 0 spiro atoms. The molecule has 0 amide bonds. The molecule has 15 heavy (non-hydrogen) atoms. The summed E-state index contributed by atoms with van der Waals surface area (Å²) in [5.41, 5.74) is 8.61. The first-order valence-electron chi connectivity index (χ1n) is 5.81. The van der Waals surface area contributed by atoms with E-state index in [9.17, 15) is 0 Å². The molecule has 1 rings (SSSR count). The van der Waals surface area contributed by atoms with Crippen molar-refractivity contribution in [2.24, 2.45) is 5.41 Å². The smallest absolute Gasteiger partial charge is 0.148 e. The number of aromatic amines is 1. The van der Waals surface area contributed by atoms with Gasteiger partial charge in [0.25, 0.3) is 0 Å². The van der Waals surface area contributed by atoms with Crippen molar-refractivity contribution in [1.82, 2.24) is 10.2 Å². The zero-order valence-electron chi connectivity index (χ0n) is 10.4. The van der Waals surface area contributed by atoms with Crippen LogP contribution >= 0.6 is 0 Å². The fraction of sp³-hybridized carbons (Fsp3) is 0.750. The lowest BCUT2D eigenvalue weighted by Gasteiger charge is -2.22. The van der Waals surface area contributed by atoms with E-state index in [1.54, 1.807) is 0 Å². The summed E-state index contributed by atoms with van der Waals surface area (Å²) in [4.78, 5) is 0. The number of hydrogen-bond acceptors (Lipinski definition) is 2. The number of H-pyrrole nitrogens is 1. The Balaban J connectivity index is 2.85. The number of nitrogen functional groups attached to an aromatic ring is 1. The minimum Gasteiger partial charge on any atom is -0.382 e. The average Bonchev–Trinajstić information content (AvgIpc) is 2.50. The van der Waals surface area contributed by atoms with Gasteiger partial charge in [-0.3, -0.25) is 5.10 Å². The summed E-state index contributed by atoms with van der Waals surface area (Å²) < 4.78 is 0. The SMILES string of the molecule is CCCc1c(N)n[nH]c1CC(C)(C)CC. The Morgan fingerprint density at radius 3 is 2.53 bits per heavy atom. The van der Waals surface area contributed by atoms with Crippen molar-refractivity contribution >= 4 is 5.82 Å². The second-order valence-corrected chi connectivity index (χ2v) is 5.01. The van der Waals surface area contributed by atoms with Gasteiger partial charge in [0.15, 0.2) is 0 Å². The van der Waals surface area contributed by atoms with Crippen molar-refractivity contribution in [2.75, 3.05) is 5.73 Å². The van der Waals surface area contributed by atoms with Crippen LogP contribution in [0.25, 0.3) is 0 Å². The zero-order valence-corrected chi connectivity index (χ0v) is 10.4. The molecule has 86 valence electrons. The molecule has 1 heterocycles. The van der Waals surface area contributed by atoms with Crippen molar-refractivity contribution in [1.29, 1.82) is 0 Å². The number of aromatic nitrogens is 2. The van der Waals surface area contributed by atoms with Gasteiger partial charge in [0.05, 0.1) is 0 Å². The molecule has 0 aliphatic carbocycles. The molecule has 0 aliphatic heterocycles. The fourth-order valence-electron chi connectivity index (χ4n) is 1.70. The summed E-state index contributed by atoms with van der Waals surface area (Å²) in [6.45, 7) is 8.94. The molecule has 1 aromatic heterocycles. The molecule has 0 bridgehead atoms. The maximum Gasteiger partial charge on any atom is 0.148 e. The first-order chi connectivity index (χ1) is 7.00. The fourth-order valence-corrected chi connectivity index (χ4v) is 1.70. The topological polar surface area (TPSA) is 54.7 Å². The molecule has 0 atom stereocenters. The van der Waals surface area contributed by atoms with Gasteiger partial charge in [0.1, 0.15) is 5.82 Å². The Morgan fingerprint density at radius 1 is 1.33 bits per heavy atom. The van der Waals surface area contributed by atoms with Crippen molar-refractivity contribution in [3.8, 4) is 0 Å². The van der Waals surface area contributed by atoms with E-state index in [4.69, 9.17) is 5.73 Å². The number of nitrogens with two attached hydrogens (primary N) is 1. The number of rotatable bonds is 5. The van der Waals surface area contributed by atoms with Gasteiger partial charge in [0, 0.05) is 11.3 Å². The zero-order chi connectivity index (χ0) is 11.5. The first kappa shape index (κ1) is 12.1. The summed E-state index contributed by atoms with van der Waals surface area (Å²) in [7, 11) is 0. The molecule has 3 nitrogen and oxygen atoms in total. The predicted molar refractivity (Wildman–Crippen MR) is 64.8 cm³/mol. The third kappa shape index (κ3) is 2.98. The molecule has 3 N–H and O–H groups in total. The molecular formula is C12H23N3. The van der Waals surface area contributed by atoms with Crippen LogP contribution in [0.2, 0.25) is 0 Å². The summed E-state index contributed by atoms with van der Waals surface area (Å²) in [5.74, 6) is 0.679. The van der Waals surface area contributed by atoms with E-state index in [0.29, 0.717) is 11.2 Å². The maximum atomic E-state index is 5.85. The highest BCUT2D eigenvalue weighted by atomic mass is 15.2. The van der Waals surface area contributed by atoms with Crippen molar-refractivity contribution in [2.45, 2.75) is 53.4 Å². The normalized spacial score (nSPS) is 12.0. The third-order valence-corrected chi connectivity index (χ3v) is 3.10. The highest BCUT2D eigenvalue weighted by Crippen LogP contribution is 2.28. The lowest BCUT2D eigenvalue weighted by Crippen LogP contribution is -2.14. The minimum absolute atomic E-state index is 0.321. The second-order valence-electron chi connectivity index (χ2n) is 5.01. The predicted octanol–water partition coefficient (Wildman–Crippen LogP) is 2.92. The molecule has 0 aliphatic rings. The van der Waals surface area contributed by atoms with Gasteiger partial charge in [0.2, 0.25) is 0 Å². The highest BCUT2D eigenvalue weighted by Gasteiger charge is 2.20. The maximum absolute atomic E-state index is 5.85. The third-order valence-electron chi connectivity index (χ3n) is 3.10. The van der Waals surface area contributed by atoms with Crippen LogP contribution in [0.5, 0.6) is 0 Å². The lowest BCUT2D eigenvalue weighted by atomic mass is 9.84. The molecular weight excluding hydrogens is 186 g/mol. The largest absolute Gasteiger partial charge is 0.382 e. The van der Waals surface area contributed by atoms with E-state index in [-0.39, 0.29) is 0 Å². The Bertz CT molecular complexity index is 313. The number of anilines is 1. The van der Waals surface area contributed by atoms with E-state index >= 15 is 0 Å². The number of nitrogens with zero attached hydrogens (tertiary/aromatic N) is 1. The van der Waals surface area contributed by atoms with E-state index in [0.717, 1.165) is 25.7 Å². The van der Waals surface area contributed by atoms with Gasteiger partial charge in [-0.15, -0.1) is 0 Å². The van der Waals surface area contributed by atoms with Crippen LogP contribution in [0.4, 0.5) is 5.82 Å². The number of hydrogen-bond donors (Lipinski definition) is 2. The van der Waals surface area contributed by atoms with E-state index in [1.807, 2.05) is 0 Å². The lowest BCUT2D eigenvalue weighted by molar-refractivity contribution is 0.344. The van der Waals surface area contributed by atoms with Gasteiger partial charge < -0.3 is 5.73 Å². The quantitative estimate of drug-likeness (QED) is 0.783. The van der Waals surface area contributed by atoms with Crippen LogP contribution in [0, 0.1) is 5.41 Å². The summed E-state index contributed by atoms with van der Waals surface area (Å²) in [5, 5.41) is 7.18. The Kier molecular flexibility index (Phi) is 3.77. The van der Waals surface area contributed by atoms with Gasteiger partial charge in [-0.05, 0) is 18.3 Å².